The fraction of sp³-hybridized carbons (Fsp3) is 0.636. The highest BCUT2D eigenvalue weighted by atomic mass is 35.5. The molecule has 1 saturated heterocycles. The van der Waals surface area contributed by atoms with E-state index in [2.05, 4.69) is 9.64 Å². The first kappa shape index (κ1) is 17.3. The average Bonchev–Trinajstić information content (AvgIpc) is 2.37. The number of thioether (sulfide) groups is 1. The number of hydrogen-bond donors (Lipinski definition) is 0. The Hall–Kier alpha value is -0.720. The van der Waals surface area contributed by atoms with Crippen molar-refractivity contribution in [2.24, 2.45) is 0 Å². The molecule has 0 saturated carbocycles. The Labute approximate surface area is 117 Å². The fourth-order valence-corrected chi connectivity index (χ4v) is 2.33. The number of methoxy groups -OCH3 is 1. The molecule has 1 aliphatic heterocycles. The van der Waals surface area contributed by atoms with Crippen LogP contribution in [0.1, 0.15) is 0 Å². The van der Waals surface area contributed by atoms with E-state index in [9.17, 15) is 9.59 Å². The van der Waals surface area contributed by atoms with Crippen LogP contribution in [0.3, 0.4) is 0 Å². The summed E-state index contributed by atoms with van der Waals surface area (Å²) in [6.45, 7) is 3.19. The smallest absolute Gasteiger partial charge is 0.331 e. The first-order chi connectivity index (χ1) is 8.22. The minimum Gasteiger partial charge on any atom is -0.466 e. The fourth-order valence-electron chi connectivity index (χ4n) is 1.35. The van der Waals surface area contributed by atoms with Crippen molar-refractivity contribution in [1.82, 2.24) is 4.90 Å². The lowest BCUT2D eigenvalue weighted by Crippen LogP contribution is -2.35. The summed E-state index contributed by atoms with van der Waals surface area (Å²) in [5, 5.41) is 0. The molecule has 1 fully saturated rings. The first-order valence-corrected chi connectivity index (χ1v) is 6.60. The summed E-state index contributed by atoms with van der Waals surface area (Å²) in [7, 11) is 1.26. The number of hydrogen-bond acceptors (Lipinski definition) is 6. The van der Waals surface area contributed by atoms with Crippen molar-refractivity contribution in [1.29, 1.82) is 0 Å². The number of carbonyl (C=O) groups is 2. The highest BCUT2D eigenvalue weighted by Crippen LogP contribution is 2.08. The van der Waals surface area contributed by atoms with Crippen molar-refractivity contribution in [3.63, 3.8) is 0 Å². The monoisotopic (exact) mass is 295 g/mol. The van der Waals surface area contributed by atoms with Crippen molar-refractivity contribution in [3.8, 4) is 0 Å². The Morgan fingerprint density at radius 1 is 1.22 bits per heavy atom. The van der Waals surface area contributed by atoms with Crippen LogP contribution in [-0.2, 0) is 19.1 Å². The van der Waals surface area contributed by atoms with Gasteiger partial charge in [0.05, 0.1) is 7.11 Å². The minimum atomic E-state index is -0.560. The molecule has 0 spiro atoms. The van der Waals surface area contributed by atoms with Gasteiger partial charge < -0.3 is 9.47 Å². The van der Waals surface area contributed by atoms with Crippen LogP contribution in [0, 0.1) is 0 Å². The van der Waals surface area contributed by atoms with Gasteiger partial charge in [-0.05, 0) is 0 Å². The first-order valence-electron chi connectivity index (χ1n) is 5.45. The molecule has 104 valence electrons. The number of nitrogens with zero attached hydrogens (tertiary/aromatic N) is 1. The molecule has 0 unspecified atom stereocenters. The van der Waals surface area contributed by atoms with E-state index in [-0.39, 0.29) is 12.4 Å². The van der Waals surface area contributed by atoms with E-state index in [1.807, 2.05) is 11.8 Å². The van der Waals surface area contributed by atoms with Gasteiger partial charge in [-0.1, -0.05) is 0 Å². The van der Waals surface area contributed by atoms with E-state index in [4.69, 9.17) is 4.74 Å². The third-order valence-corrected chi connectivity index (χ3v) is 3.25. The molecule has 0 N–H and O–H groups in total. The van der Waals surface area contributed by atoms with Gasteiger partial charge in [0, 0.05) is 43.3 Å². The van der Waals surface area contributed by atoms with Gasteiger partial charge in [-0.2, -0.15) is 11.8 Å². The summed E-state index contributed by atoms with van der Waals surface area (Å²) in [6.07, 6.45) is 2.14. The predicted molar refractivity (Wildman–Crippen MR) is 73.1 cm³/mol. The average molecular weight is 296 g/mol. The summed E-state index contributed by atoms with van der Waals surface area (Å²) < 4.78 is 9.31. The van der Waals surface area contributed by atoms with Crippen molar-refractivity contribution < 1.29 is 19.1 Å². The maximum Gasteiger partial charge on any atom is 0.331 e. The molecule has 0 aliphatic carbocycles. The van der Waals surface area contributed by atoms with Crippen LogP contribution in [-0.4, -0.2) is 61.7 Å². The van der Waals surface area contributed by atoms with Crippen LogP contribution < -0.4 is 0 Å². The van der Waals surface area contributed by atoms with Crippen LogP contribution in [0.25, 0.3) is 0 Å². The van der Waals surface area contributed by atoms with Gasteiger partial charge in [0.2, 0.25) is 0 Å². The maximum atomic E-state index is 11.2. The molecular weight excluding hydrogens is 278 g/mol. The minimum absolute atomic E-state index is 0. The molecular formula is C11H18ClNO4S. The Bertz CT molecular complexity index is 293. The zero-order valence-corrected chi connectivity index (χ0v) is 11.9. The third kappa shape index (κ3) is 7.58. The van der Waals surface area contributed by atoms with Gasteiger partial charge in [0.1, 0.15) is 6.61 Å². The molecule has 1 rings (SSSR count). The third-order valence-electron chi connectivity index (χ3n) is 2.31. The van der Waals surface area contributed by atoms with Gasteiger partial charge in [0.25, 0.3) is 0 Å². The Morgan fingerprint density at radius 3 is 2.44 bits per heavy atom. The van der Waals surface area contributed by atoms with Crippen LogP contribution in [0.15, 0.2) is 12.2 Å². The van der Waals surface area contributed by atoms with Gasteiger partial charge >= 0.3 is 11.9 Å². The topological polar surface area (TPSA) is 55.8 Å². The molecule has 1 heterocycles. The molecule has 0 bridgehead atoms. The van der Waals surface area contributed by atoms with Gasteiger partial charge in [-0.15, -0.1) is 12.4 Å². The summed E-state index contributed by atoms with van der Waals surface area (Å²) in [5.74, 6) is 1.20. The number of esters is 2. The second-order valence-corrected chi connectivity index (χ2v) is 4.70. The molecule has 18 heavy (non-hydrogen) atoms. The van der Waals surface area contributed by atoms with E-state index in [1.54, 1.807) is 0 Å². The molecule has 5 nitrogen and oxygen atoms in total. The summed E-state index contributed by atoms with van der Waals surface area (Å²) in [4.78, 5) is 24.1. The van der Waals surface area contributed by atoms with Crippen molar-refractivity contribution in [3.05, 3.63) is 12.2 Å². The number of halogens is 1. The van der Waals surface area contributed by atoms with Crippen molar-refractivity contribution >= 4 is 36.1 Å². The van der Waals surface area contributed by atoms with E-state index >= 15 is 0 Å². The second-order valence-electron chi connectivity index (χ2n) is 3.48. The second kappa shape index (κ2) is 10.2. The highest BCUT2D eigenvalue weighted by Gasteiger charge is 2.10. The van der Waals surface area contributed by atoms with E-state index < -0.39 is 11.9 Å². The molecule has 0 amide bonds. The normalized spacial score (nSPS) is 16.1. The largest absolute Gasteiger partial charge is 0.466 e. The SMILES string of the molecule is COC(=O)/C=C/C(=O)OCCN1CCSCC1.Cl. The molecule has 0 aromatic heterocycles. The molecule has 7 heteroatoms. The molecule has 1 aliphatic rings. The van der Waals surface area contributed by atoms with E-state index in [0.717, 1.165) is 43.3 Å². The van der Waals surface area contributed by atoms with E-state index in [0.29, 0.717) is 6.61 Å². The number of carbonyl (C=O) groups excluding carboxylic acids is 2. The van der Waals surface area contributed by atoms with Crippen LogP contribution in [0.2, 0.25) is 0 Å². The van der Waals surface area contributed by atoms with Gasteiger partial charge in [0.15, 0.2) is 0 Å². The molecule has 0 radical (unpaired) electrons. The maximum absolute atomic E-state index is 11.2. The lowest BCUT2D eigenvalue weighted by atomic mass is 10.4. The Morgan fingerprint density at radius 2 is 1.83 bits per heavy atom. The standard InChI is InChI=1S/C11H17NO4S.ClH/c1-15-10(13)2-3-11(14)16-7-4-12-5-8-17-9-6-12;/h2-3H,4-9H2,1H3;1H/b3-2+;. The predicted octanol–water partition coefficient (Wildman–Crippen LogP) is 0.729. The Kier molecular flexibility index (Phi) is 9.82. The lowest BCUT2D eigenvalue weighted by molar-refractivity contribution is -0.139. The summed E-state index contributed by atoms with van der Waals surface area (Å²) in [6, 6.07) is 0. The lowest BCUT2D eigenvalue weighted by Gasteiger charge is -2.25. The van der Waals surface area contributed by atoms with Crippen molar-refractivity contribution in [2.75, 3.05) is 44.9 Å². The zero-order valence-electron chi connectivity index (χ0n) is 10.3. The van der Waals surface area contributed by atoms with Crippen LogP contribution in [0.5, 0.6) is 0 Å². The van der Waals surface area contributed by atoms with Crippen molar-refractivity contribution in [2.45, 2.75) is 0 Å². The van der Waals surface area contributed by atoms with E-state index in [1.165, 1.54) is 7.11 Å². The van der Waals surface area contributed by atoms with Gasteiger partial charge in [-0.25, -0.2) is 9.59 Å². The summed E-state index contributed by atoms with van der Waals surface area (Å²) in [5.41, 5.74) is 0. The van der Waals surface area contributed by atoms with Crippen LogP contribution in [0.4, 0.5) is 0 Å². The summed E-state index contributed by atoms with van der Waals surface area (Å²) >= 11 is 1.94. The molecule has 0 atom stereocenters. The highest BCUT2D eigenvalue weighted by molar-refractivity contribution is 7.99. The Balaban J connectivity index is 0.00000289. The zero-order chi connectivity index (χ0) is 12.5. The number of rotatable bonds is 5. The number of ether oxygens (including phenoxy) is 2. The van der Waals surface area contributed by atoms with Crippen LogP contribution >= 0.6 is 24.2 Å². The molecule has 0 aromatic rings. The van der Waals surface area contributed by atoms with Gasteiger partial charge in [-0.3, -0.25) is 4.90 Å². The molecule has 0 aromatic carbocycles. The quantitative estimate of drug-likeness (QED) is 0.550.